The van der Waals surface area contributed by atoms with Gasteiger partial charge in [0.25, 0.3) is 5.91 Å². The van der Waals surface area contributed by atoms with Crippen LogP contribution in [0, 0.1) is 13.8 Å². The number of hydrogen-bond donors (Lipinski definition) is 1. The molecule has 0 spiro atoms. The number of carbonyl (C=O) groups excluding carboxylic acids is 1. The van der Waals surface area contributed by atoms with E-state index in [0.29, 0.717) is 17.4 Å². The molecule has 0 saturated carbocycles. The Hall–Kier alpha value is -2.89. The van der Waals surface area contributed by atoms with Crippen LogP contribution in [0.1, 0.15) is 22.0 Å². The third kappa shape index (κ3) is 2.69. The van der Waals surface area contributed by atoms with Crippen molar-refractivity contribution in [1.82, 2.24) is 10.1 Å². The van der Waals surface area contributed by atoms with Crippen LogP contribution in [0.25, 0.3) is 11.4 Å². The molecule has 0 aliphatic rings. The summed E-state index contributed by atoms with van der Waals surface area (Å²) in [7, 11) is 0. The molecule has 3 rings (SSSR count). The molecular weight excluding hydrogens is 270 g/mol. The maximum atomic E-state index is 11.9. The highest BCUT2D eigenvalue weighted by Gasteiger charge is 2.12. The Morgan fingerprint density at radius 3 is 2.71 bits per heavy atom. The van der Waals surface area contributed by atoms with E-state index in [1.54, 1.807) is 25.1 Å². The molecule has 0 fully saturated rings. The van der Waals surface area contributed by atoms with Crippen molar-refractivity contribution in [1.29, 1.82) is 0 Å². The molecule has 0 aliphatic carbocycles. The van der Waals surface area contributed by atoms with Gasteiger partial charge in [0, 0.05) is 18.2 Å². The normalized spacial score (nSPS) is 10.6. The molecule has 0 atom stereocenters. The lowest BCUT2D eigenvalue weighted by atomic mass is 10.1. The van der Waals surface area contributed by atoms with E-state index in [-0.39, 0.29) is 11.7 Å². The summed E-state index contributed by atoms with van der Waals surface area (Å²) in [5.74, 6) is 1.02. The second-order valence-electron chi connectivity index (χ2n) is 4.60. The first-order valence-corrected chi connectivity index (χ1v) is 6.39. The molecule has 0 aliphatic heterocycles. The van der Waals surface area contributed by atoms with Crippen LogP contribution in [0.3, 0.4) is 0 Å². The van der Waals surface area contributed by atoms with Gasteiger partial charge in [-0.05, 0) is 42.8 Å². The second-order valence-corrected chi connectivity index (χ2v) is 4.60. The highest BCUT2D eigenvalue weighted by atomic mass is 16.5. The molecule has 2 heterocycles. The molecule has 6 heteroatoms. The van der Waals surface area contributed by atoms with Gasteiger partial charge in [0.2, 0.25) is 11.7 Å². The number of aryl methyl sites for hydroxylation is 2. The molecule has 2 aromatic heterocycles. The van der Waals surface area contributed by atoms with E-state index in [2.05, 4.69) is 15.5 Å². The van der Waals surface area contributed by atoms with Crippen LogP contribution in [0.5, 0.6) is 0 Å². The Morgan fingerprint density at radius 1 is 1.24 bits per heavy atom. The Morgan fingerprint density at radius 2 is 2.10 bits per heavy atom. The van der Waals surface area contributed by atoms with Crippen LogP contribution in [0.15, 0.2) is 45.5 Å². The number of nitrogens with one attached hydrogen (secondary N) is 1. The van der Waals surface area contributed by atoms with Gasteiger partial charge in [0.1, 0.15) is 0 Å². The molecule has 0 unspecified atom stereocenters. The molecule has 0 bridgehead atoms. The zero-order chi connectivity index (χ0) is 14.8. The summed E-state index contributed by atoms with van der Waals surface area (Å²) in [5, 5.41) is 6.67. The quantitative estimate of drug-likeness (QED) is 0.798. The van der Waals surface area contributed by atoms with Crippen LogP contribution in [0.4, 0.5) is 5.69 Å². The van der Waals surface area contributed by atoms with Gasteiger partial charge in [0.15, 0.2) is 5.76 Å². The molecule has 1 N–H and O–H groups in total. The third-order valence-corrected chi connectivity index (χ3v) is 3.01. The van der Waals surface area contributed by atoms with Gasteiger partial charge in [-0.15, -0.1) is 0 Å². The summed E-state index contributed by atoms with van der Waals surface area (Å²) in [6.07, 6.45) is 1.46. The summed E-state index contributed by atoms with van der Waals surface area (Å²) in [4.78, 5) is 16.1. The predicted octanol–water partition coefficient (Wildman–Crippen LogP) is 3.20. The predicted molar refractivity (Wildman–Crippen MR) is 75.9 cm³/mol. The Balaban J connectivity index is 1.83. The van der Waals surface area contributed by atoms with Crippen LogP contribution >= 0.6 is 0 Å². The number of anilines is 1. The van der Waals surface area contributed by atoms with Crippen LogP contribution in [-0.4, -0.2) is 16.0 Å². The van der Waals surface area contributed by atoms with E-state index < -0.39 is 0 Å². The average molecular weight is 283 g/mol. The largest absolute Gasteiger partial charge is 0.459 e. The monoisotopic (exact) mass is 283 g/mol. The van der Waals surface area contributed by atoms with Gasteiger partial charge in [-0.2, -0.15) is 4.98 Å². The van der Waals surface area contributed by atoms with Crippen LogP contribution in [0.2, 0.25) is 0 Å². The van der Waals surface area contributed by atoms with E-state index in [1.165, 1.54) is 6.26 Å². The van der Waals surface area contributed by atoms with Gasteiger partial charge >= 0.3 is 0 Å². The number of amides is 1. The Labute approximate surface area is 120 Å². The minimum absolute atomic E-state index is 0.271. The first kappa shape index (κ1) is 13.1. The number of rotatable bonds is 3. The maximum absolute atomic E-state index is 11.9. The first-order chi connectivity index (χ1) is 10.1. The number of carbonyl (C=O) groups is 1. The standard InChI is InChI=1S/C15H13N3O3/c1-9-8-11(14-16-10(2)21-18-14)5-6-12(9)17-15(19)13-4-3-7-20-13/h3-8H,1-2H3,(H,17,19). The van der Waals surface area contributed by atoms with E-state index in [0.717, 1.165) is 11.1 Å². The summed E-state index contributed by atoms with van der Waals surface area (Å²) >= 11 is 0. The van der Waals surface area contributed by atoms with Crippen molar-refractivity contribution in [3.8, 4) is 11.4 Å². The smallest absolute Gasteiger partial charge is 0.291 e. The number of benzene rings is 1. The van der Waals surface area contributed by atoms with Crippen molar-refractivity contribution >= 4 is 11.6 Å². The Kier molecular flexibility index (Phi) is 3.27. The van der Waals surface area contributed by atoms with Crippen molar-refractivity contribution in [3.63, 3.8) is 0 Å². The van der Waals surface area contributed by atoms with Crippen molar-refractivity contribution < 1.29 is 13.7 Å². The Bertz CT molecular complexity index is 775. The molecular formula is C15H13N3O3. The maximum Gasteiger partial charge on any atom is 0.291 e. The van der Waals surface area contributed by atoms with Crippen molar-refractivity contribution in [3.05, 3.63) is 53.8 Å². The van der Waals surface area contributed by atoms with Crippen molar-refractivity contribution in [2.45, 2.75) is 13.8 Å². The SMILES string of the molecule is Cc1nc(-c2ccc(NC(=O)c3ccco3)c(C)c2)no1. The van der Waals surface area contributed by atoms with Gasteiger partial charge in [-0.3, -0.25) is 4.79 Å². The minimum atomic E-state index is -0.286. The average Bonchev–Trinajstić information content (AvgIpc) is 3.12. The highest BCUT2D eigenvalue weighted by Crippen LogP contribution is 2.23. The fourth-order valence-electron chi connectivity index (χ4n) is 1.95. The third-order valence-electron chi connectivity index (χ3n) is 3.01. The van der Waals surface area contributed by atoms with Gasteiger partial charge in [-0.25, -0.2) is 0 Å². The molecule has 0 saturated heterocycles. The summed E-state index contributed by atoms with van der Waals surface area (Å²) in [5.41, 5.74) is 2.44. The lowest BCUT2D eigenvalue weighted by Crippen LogP contribution is -2.11. The molecule has 0 radical (unpaired) electrons. The first-order valence-electron chi connectivity index (χ1n) is 6.39. The van der Waals surface area contributed by atoms with E-state index in [1.807, 2.05) is 19.1 Å². The summed E-state index contributed by atoms with van der Waals surface area (Å²) in [6, 6.07) is 8.80. The summed E-state index contributed by atoms with van der Waals surface area (Å²) in [6.45, 7) is 3.63. The van der Waals surface area contributed by atoms with Crippen LogP contribution < -0.4 is 5.32 Å². The zero-order valence-corrected chi connectivity index (χ0v) is 11.6. The number of nitrogens with zero attached hydrogens (tertiary/aromatic N) is 2. The van der Waals surface area contributed by atoms with Crippen LogP contribution in [-0.2, 0) is 0 Å². The highest BCUT2D eigenvalue weighted by molar-refractivity contribution is 6.02. The zero-order valence-electron chi connectivity index (χ0n) is 11.6. The molecule has 21 heavy (non-hydrogen) atoms. The lowest BCUT2D eigenvalue weighted by Gasteiger charge is -2.08. The fraction of sp³-hybridized carbons (Fsp3) is 0.133. The van der Waals surface area contributed by atoms with E-state index >= 15 is 0 Å². The molecule has 106 valence electrons. The van der Waals surface area contributed by atoms with Crippen molar-refractivity contribution in [2.75, 3.05) is 5.32 Å². The van der Waals surface area contributed by atoms with E-state index in [9.17, 15) is 4.79 Å². The number of hydrogen-bond acceptors (Lipinski definition) is 5. The number of furan rings is 1. The minimum Gasteiger partial charge on any atom is -0.459 e. The van der Waals surface area contributed by atoms with Gasteiger partial charge in [-0.1, -0.05) is 5.16 Å². The summed E-state index contributed by atoms with van der Waals surface area (Å²) < 4.78 is 10.0. The fourth-order valence-corrected chi connectivity index (χ4v) is 1.95. The molecule has 1 amide bonds. The lowest BCUT2D eigenvalue weighted by molar-refractivity contribution is 0.0996. The van der Waals surface area contributed by atoms with E-state index in [4.69, 9.17) is 8.94 Å². The molecule has 6 nitrogen and oxygen atoms in total. The van der Waals surface area contributed by atoms with Gasteiger partial charge < -0.3 is 14.3 Å². The molecule has 3 aromatic rings. The topological polar surface area (TPSA) is 81.2 Å². The molecule has 1 aromatic carbocycles. The second kappa shape index (κ2) is 5.24. The van der Waals surface area contributed by atoms with Gasteiger partial charge in [0.05, 0.1) is 6.26 Å². The number of aromatic nitrogens is 2. The van der Waals surface area contributed by atoms with Crippen molar-refractivity contribution in [2.24, 2.45) is 0 Å².